The molecule has 2 aliphatic rings. The summed E-state index contributed by atoms with van der Waals surface area (Å²) in [6.07, 6.45) is -2.90. The molecule has 4 rings (SSSR count). The van der Waals surface area contributed by atoms with E-state index in [-0.39, 0.29) is 28.7 Å². The maximum absolute atomic E-state index is 14.8. The van der Waals surface area contributed by atoms with Crippen molar-refractivity contribution in [3.63, 3.8) is 0 Å². The Hall–Kier alpha value is -3.52. The van der Waals surface area contributed by atoms with Gasteiger partial charge in [-0.2, -0.15) is 18.4 Å². The van der Waals surface area contributed by atoms with Crippen molar-refractivity contribution in [2.24, 2.45) is 5.92 Å². The molecule has 0 radical (unpaired) electrons. The fourth-order valence-electron chi connectivity index (χ4n) is 3.82. The summed E-state index contributed by atoms with van der Waals surface area (Å²) in [5.74, 6) is -2.03. The van der Waals surface area contributed by atoms with Crippen molar-refractivity contribution in [3.05, 3.63) is 58.9 Å². The predicted octanol–water partition coefficient (Wildman–Crippen LogP) is 5.20. The highest BCUT2D eigenvalue weighted by Crippen LogP contribution is 2.40. The van der Waals surface area contributed by atoms with Gasteiger partial charge in [-0.05, 0) is 81.2 Å². The van der Waals surface area contributed by atoms with Crippen LogP contribution >= 0.6 is 12.2 Å². The molecule has 1 amide bonds. The van der Waals surface area contributed by atoms with Crippen LogP contribution in [0.4, 0.5) is 28.9 Å². The highest BCUT2D eigenvalue weighted by atomic mass is 32.1. The Labute approximate surface area is 203 Å². The Balaban J connectivity index is 1.67. The molecule has 2 fully saturated rings. The van der Waals surface area contributed by atoms with E-state index in [0.717, 1.165) is 29.9 Å². The zero-order valence-electron chi connectivity index (χ0n) is 18.6. The fourth-order valence-corrected chi connectivity index (χ4v) is 4.35. The summed E-state index contributed by atoms with van der Waals surface area (Å²) in [5, 5.41) is 8.85. The molecule has 35 heavy (non-hydrogen) atoms. The van der Waals surface area contributed by atoms with Gasteiger partial charge in [0.1, 0.15) is 11.4 Å². The number of nitrogens with zero attached hydrogens (tertiary/aromatic N) is 3. The van der Waals surface area contributed by atoms with E-state index >= 15 is 0 Å². The van der Waals surface area contributed by atoms with Crippen LogP contribution in [0, 0.1) is 23.1 Å². The number of ether oxygens (including phenoxy) is 1. The SMILES string of the molecule is CC1(C)C(=O)N(c2ccc(C#N)c(C(F)(F)F)c2)C(=S)N1c1ccc(C(=O)OCC2CC2)c(F)c1. The topological polar surface area (TPSA) is 73.6 Å². The maximum Gasteiger partial charge on any atom is 0.417 e. The molecular weight excluding hydrogens is 486 g/mol. The van der Waals surface area contributed by atoms with E-state index in [0.29, 0.717) is 12.0 Å². The van der Waals surface area contributed by atoms with Crippen molar-refractivity contribution in [3.8, 4) is 6.07 Å². The first kappa shape index (κ1) is 24.6. The molecule has 2 aromatic rings. The van der Waals surface area contributed by atoms with Crippen LogP contribution in [-0.4, -0.2) is 29.1 Å². The van der Waals surface area contributed by atoms with Gasteiger partial charge < -0.3 is 9.64 Å². The first-order valence-electron chi connectivity index (χ1n) is 10.6. The lowest BCUT2D eigenvalue weighted by atomic mass is 10.0. The van der Waals surface area contributed by atoms with Crippen LogP contribution in [0.2, 0.25) is 0 Å². The molecule has 1 heterocycles. The van der Waals surface area contributed by atoms with Crippen molar-refractivity contribution in [1.82, 2.24) is 0 Å². The fraction of sp³-hybridized carbons (Fsp3) is 0.333. The number of hydrogen-bond donors (Lipinski definition) is 0. The molecule has 11 heteroatoms. The van der Waals surface area contributed by atoms with Crippen LogP contribution in [0.1, 0.15) is 48.2 Å². The molecule has 1 aliphatic heterocycles. The monoisotopic (exact) mass is 505 g/mol. The number of benzene rings is 2. The van der Waals surface area contributed by atoms with Gasteiger partial charge in [0.05, 0.1) is 35.1 Å². The summed E-state index contributed by atoms with van der Waals surface area (Å²) in [4.78, 5) is 27.7. The molecule has 6 nitrogen and oxygen atoms in total. The van der Waals surface area contributed by atoms with Gasteiger partial charge in [0.25, 0.3) is 5.91 Å². The third-order valence-corrected chi connectivity index (χ3v) is 6.30. The van der Waals surface area contributed by atoms with E-state index in [4.69, 9.17) is 22.2 Å². The largest absolute Gasteiger partial charge is 0.462 e. The Kier molecular flexibility index (Phi) is 6.05. The Morgan fingerprint density at radius 3 is 2.43 bits per heavy atom. The number of amides is 1. The third-order valence-electron chi connectivity index (χ3n) is 5.93. The molecule has 1 saturated carbocycles. The van der Waals surface area contributed by atoms with Crippen molar-refractivity contribution < 1.29 is 31.9 Å². The van der Waals surface area contributed by atoms with Crippen molar-refractivity contribution in [2.45, 2.75) is 38.4 Å². The summed E-state index contributed by atoms with van der Waals surface area (Å²) >= 11 is 5.43. The lowest BCUT2D eigenvalue weighted by Gasteiger charge is -2.29. The molecule has 1 aliphatic carbocycles. The summed E-state index contributed by atoms with van der Waals surface area (Å²) in [5.41, 5.74) is -3.50. The number of nitriles is 1. The number of esters is 1. The zero-order valence-corrected chi connectivity index (χ0v) is 19.5. The van der Waals surface area contributed by atoms with E-state index in [1.165, 1.54) is 43.0 Å². The lowest BCUT2D eigenvalue weighted by Crippen LogP contribution is -2.44. The summed E-state index contributed by atoms with van der Waals surface area (Å²) < 4.78 is 60.3. The van der Waals surface area contributed by atoms with Crippen molar-refractivity contribution in [1.29, 1.82) is 5.26 Å². The van der Waals surface area contributed by atoms with E-state index in [2.05, 4.69) is 0 Å². The quantitative estimate of drug-likeness (QED) is 0.316. The Bertz CT molecular complexity index is 1280. The molecular formula is C24H19F4N3O3S. The third kappa shape index (κ3) is 4.46. The number of halogens is 4. The molecule has 0 unspecified atom stereocenters. The van der Waals surface area contributed by atoms with E-state index < -0.39 is 40.5 Å². The molecule has 0 aromatic heterocycles. The zero-order chi connectivity index (χ0) is 25.7. The number of anilines is 2. The van der Waals surface area contributed by atoms with E-state index in [9.17, 15) is 27.2 Å². The van der Waals surface area contributed by atoms with Crippen LogP contribution in [-0.2, 0) is 15.7 Å². The van der Waals surface area contributed by atoms with E-state index in [1.807, 2.05) is 0 Å². The molecule has 0 atom stereocenters. The maximum atomic E-state index is 14.8. The minimum absolute atomic E-state index is 0.136. The van der Waals surface area contributed by atoms with Gasteiger partial charge in [0, 0.05) is 5.69 Å². The summed E-state index contributed by atoms with van der Waals surface area (Å²) in [7, 11) is 0. The van der Waals surface area contributed by atoms with Crippen LogP contribution in [0.25, 0.3) is 0 Å². The van der Waals surface area contributed by atoms with Gasteiger partial charge in [-0.15, -0.1) is 0 Å². The normalized spacial score (nSPS) is 17.5. The minimum Gasteiger partial charge on any atom is -0.462 e. The highest BCUT2D eigenvalue weighted by Gasteiger charge is 2.51. The van der Waals surface area contributed by atoms with Gasteiger partial charge in [-0.25, -0.2) is 9.18 Å². The predicted molar refractivity (Wildman–Crippen MR) is 122 cm³/mol. The Morgan fingerprint density at radius 2 is 1.86 bits per heavy atom. The average molecular weight is 505 g/mol. The van der Waals surface area contributed by atoms with Gasteiger partial charge >= 0.3 is 12.1 Å². The van der Waals surface area contributed by atoms with Gasteiger partial charge in [-0.1, -0.05) is 0 Å². The van der Waals surface area contributed by atoms with Gasteiger partial charge in [0.2, 0.25) is 0 Å². The van der Waals surface area contributed by atoms with Crippen molar-refractivity contribution in [2.75, 3.05) is 16.4 Å². The molecule has 182 valence electrons. The van der Waals surface area contributed by atoms with Gasteiger partial charge in [-0.3, -0.25) is 9.69 Å². The van der Waals surface area contributed by atoms with Crippen LogP contribution in [0.15, 0.2) is 36.4 Å². The lowest BCUT2D eigenvalue weighted by molar-refractivity contribution is -0.137. The average Bonchev–Trinajstić information content (AvgIpc) is 3.59. The second-order valence-corrected chi connectivity index (χ2v) is 9.23. The number of carbonyl (C=O) groups excluding carboxylic acids is 2. The van der Waals surface area contributed by atoms with Crippen LogP contribution in [0.3, 0.4) is 0 Å². The smallest absolute Gasteiger partial charge is 0.417 e. The number of alkyl halides is 3. The molecule has 1 saturated heterocycles. The molecule has 0 bridgehead atoms. The second-order valence-electron chi connectivity index (χ2n) is 8.86. The summed E-state index contributed by atoms with van der Waals surface area (Å²) in [6, 6.07) is 7.96. The first-order valence-corrected chi connectivity index (χ1v) is 11.0. The number of carbonyl (C=O) groups is 2. The number of rotatable bonds is 5. The number of thiocarbonyl (C=S) groups is 1. The molecule has 0 N–H and O–H groups in total. The molecule has 2 aromatic carbocycles. The van der Waals surface area contributed by atoms with Crippen LogP contribution < -0.4 is 9.80 Å². The first-order chi connectivity index (χ1) is 16.4. The Morgan fingerprint density at radius 1 is 1.20 bits per heavy atom. The minimum atomic E-state index is -4.83. The standard InChI is InChI=1S/C24H19F4N3O3S/c1-23(2)21(33)30(15-6-5-14(11-29)18(9-15)24(26,27)28)22(35)31(23)16-7-8-17(19(25)10-16)20(32)34-12-13-3-4-13/h5-10,13H,3-4,12H2,1-2H3. The summed E-state index contributed by atoms with van der Waals surface area (Å²) in [6.45, 7) is 3.20. The second kappa shape index (κ2) is 8.61. The van der Waals surface area contributed by atoms with Gasteiger partial charge in [0.15, 0.2) is 5.11 Å². The van der Waals surface area contributed by atoms with Crippen LogP contribution in [0.5, 0.6) is 0 Å². The highest BCUT2D eigenvalue weighted by molar-refractivity contribution is 7.81. The number of hydrogen-bond acceptors (Lipinski definition) is 5. The van der Waals surface area contributed by atoms with Crippen molar-refractivity contribution >= 4 is 40.6 Å². The molecule has 0 spiro atoms. The van der Waals surface area contributed by atoms with E-state index in [1.54, 1.807) is 0 Å².